The summed E-state index contributed by atoms with van der Waals surface area (Å²) in [5.74, 6) is -0.236. The first-order valence-corrected chi connectivity index (χ1v) is 12.3. The second kappa shape index (κ2) is 10.8. The monoisotopic (exact) mass is 511 g/mol. The normalized spacial score (nSPS) is 11.7. The summed E-state index contributed by atoms with van der Waals surface area (Å²) in [6.07, 6.45) is 0.656. The molecule has 0 aliphatic carbocycles. The van der Waals surface area contributed by atoms with Crippen molar-refractivity contribution in [2.75, 3.05) is 0 Å². The van der Waals surface area contributed by atoms with Gasteiger partial charge in [0, 0.05) is 5.56 Å². The van der Waals surface area contributed by atoms with Gasteiger partial charge in [0.2, 0.25) is 0 Å². The fourth-order valence-corrected chi connectivity index (χ4v) is 4.42. The maximum absolute atomic E-state index is 13.8. The molecule has 1 aromatic heterocycles. The zero-order valence-electron chi connectivity index (χ0n) is 19.3. The Hall–Kier alpha value is -3.86. The highest BCUT2D eigenvalue weighted by molar-refractivity contribution is 6.42. The summed E-state index contributed by atoms with van der Waals surface area (Å²) in [6, 6.07) is 36.7. The number of amides is 1. The van der Waals surface area contributed by atoms with Crippen molar-refractivity contribution in [3.8, 4) is 16.9 Å². The molecule has 0 radical (unpaired) electrons. The number of nitrogens with zero attached hydrogens (tertiary/aromatic N) is 2. The van der Waals surface area contributed by atoms with Gasteiger partial charge in [-0.3, -0.25) is 4.79 Å². The van der Waals surface area contributed by atoms with Crippen molar-refractivity contribution in [2.45, 2.75) is 12.5 Å². The SMILES string of the molecule is O=C(N[C@H](Cc1ccccc1)c1ccccc1)c1cc(-c2ccccc2)nn1-c1ccc(Cl)c(Cl)c1. The Kier molecular flexibility index (Phi) is 7.17. The first-order valence-electron chi connectivity index (χ1n) is 11.6. The van der Waals surface area contributed by atoms with E-state index in [0.717, 1.165) is 16.7 Å². The van der Waals surface area contributed by atoms with E-state index in [1.807, 2.05) is 78.9 Å². The number of nitrogens with one attached hydrogen (secondary N) is 1. The summed E-state index contributed by atoms with van der Waals surface area (Å²) < 4.78 is 1.62. The van der Waals surface area contributed by atoms with Gasteiger partial charge in [0.15, 0.2) is 0 Å². The average molecular weight is 512 g/mol. The molecular weight excluding hydrogens is 489 g/mol. The second-order valence-electron chi connectivity index (χ2n) is 8.42. The van der Waals surface area contributed by atoms with Crippen molar-refractivity contribution in [2.24, 2.45) is 0 Å². The third-order valence-electron chi connectivity index (χ3n) is 5.95. The number of hydrogen-bond donors (Lipinski definition) is 1. The summed E-state index contributed by atoms with van der Waals surface area (Å²) in [4.78, 5) is 13.8. The lowest BCUT2D eigenvalue weighted by Crippen LogP contribution is -2.31. The van der Waals surface area contributed by atoms with Gasteiger partial charge in [-0.15, -0.1) is 0 Å². The van der Waals surface area contributed by atoms with Gasteiger partial charge in [-0.05, 0) is 41.8 Å². The summed E-state index contributed by atoms with van der Waals surface area (Å²) >= 11 is 12.4. The smallest absolute Gasteiger partial charge is 0.270 e. The Morgan fingerprint density at radius 2 is 1.42 bits per heavy atom. The van der Waals surface area contributed by atoms with Crippen LogP contribution in [0.4, 0.5) is 0 Å². The van der Waals surface area contributed by atoms with Crippen molar-refractivity contribution in [1.29, 1.82) is 0 Å². The van der Waals surface area contributed by atoms with E-state index in [9.17, 15) is 4.79 Å². The van der Waals surface area contributed by atoms with Crippen LogP contribution in [0.1, 0.15) is 27.7 Å². The molecule has 5 aromatic rings. The molecule has 4 nitrogen and oxygen atoms in total. The first-order chi connectivity index (χ1) is 17.6. The standard InChI is InChI=1S/C30H23Cl2N3O/c31-25-17-16-24(19-26(25)32)35-29(20-28(34-35)23-14-8-3-9-15-23)30(36)33-27(22-12-6-2-7-13-22)18-21-10-4-1-5-11-21/h1-17,19-20,27H,18H2,(H,33,36)/t27-/m1/s1. The molecule has 178 valence electrons. The van der Waals surface area contributed by atoms with E-state index in [0.29, 0.717) is 33.5 Å². The molecule has 0 spiro atoms. The molecule has 4 aromatic carbocycles. The molecule has 1 heterocycles. The molecule has 0 aliphatic rings. The molecule has 1 N–H and O–H groups in total. The molecule has 0 saturated carbocycles. The fourth-order valence-electron chi connectivity index (χ4n) is 4.13. The predicted molar refractivity (Wildman–Crippen MR) is 146 cm³/mol. The highest BCUT2D eigenvalue weighted by Gasteiger charge is 2.22. The van der Waals surface area contributed by atoms with Crippen molar-refractivity contribution < 1.29 is 4.79 Å². The second-order valence-corrected chi connectivity index (χ2v) is 9.23. The lowest BCUT2D eigenvalue weighted by atomic mass is 9.98. The molecule has 0 fully saturated rings. The van der Waals surface area contributed by atoms with Crippen LogP contribution in [0.15, 0.2) is 115 Å². The van der Waals surface area contributed by atoms with Gasteiger partial charge < -0.3 is 5.32 Å². The number of aromatic nitrogens is 2. The molecule has 0 bridgehead atoms. The average Bonchev–Trinajstić information content (AvgIpc) is 3.37. The number of halogens is 2. The van der Waals surface area contributed by atoms with Gasteiger partial charge in [0.25, 0.3) is 5.91 Å². The van der Waals surface area contributed by atoms with Gasteiger partial charge >= 0.3 is 0 Å². The van der Waals surface area contributed by atoms with Crippen LogP contribution in [0.25, 0.3) is 16.9 Å². The molecule has 6 heteroatoms. The molecular formula is C30H23Cl2N3O. The lowest BCUT2D eigenvalue weighted by Gasteiger charge is -2.20. The Morgan fingerprint density at radius 3 is 2.08 bits per heavy atom. The van der Waals surface area contributed by atoms with E-state index in [4.69, 9.17) is 28.3 Å². The van der Waals surface area contributed by atoms with Crippen LogP contribution in [0.5, 0.6) is 0 Å². The summed E-state index contributed by atoms with van der Waals surface area (Å²) in [5, 5.41) is 8.83. The van der Waals surface area contributed by atoms with Gasteiger partial charge in [-0.25, -0.2) is 4.68 Å². The zero-order valence-corrected chi connectivity index (χ0v) is 20.8. The van der Waals surface area contributed by atoms with Crippen LogP contribution in [-0.2, 0) is 6.42 Å². The van der Waals surface area contributed by atoms with E-state index in [-0.39, 0.29) is 11.9 Å². The Bertz CT molecular complexity index is 1470. The molecule has 1 atom stereocenters. The van der Waals surface area contributed by atoms with Crippen LogP contribution in [-0.4, -0.2) is 15.7 Å². The minimum Gasteiger partial charge on any atom is -0.344 e. The van der Waals surface area contributed by atoms with Gasteiger partial charge in [-0.2, -0.15) is 5.10 Å². The number of carbonyl (C=O) groups excluding carboxylic acids is 1. The molecule has 5 rings (SSSR count). The summed E-state index contributed by atoms with van der Waals surface area (Å²) in [7, 11) is 0. The minimum atomic E-state index is -0.236. The van der Waals surface area contributed by atoms with Gasteiger partial charge in [0.05, 0.1) is 27.5 Å². The maximum atomic E-state index is 13.8. The van der Waals surface area contributed by atoms with Crippen molar-refractivity contribution >= 4 is 29.1 Å². The highest BCUT2D eigenvalue weighted by atomic mass is 35.5. The van der Waals surface area contributed by atoms with E-state index in [2.05, 4.69) is 17.4 Å². The Morgan fingerprint density at radius 1 is 0.778 bits per heavy atom. The molecule has 0 saturated heterocycles. The minimum absolute atomic E-state index is 0.224. The molecule has 0 aliphatic heterocycles. The van der Waals surface area contributed by atoms with E-state index < -0.39 is 0 Å². The van der Waals surface area contributed by atoms with Crippen LogP contribution < -0.4 is 5.32 Å². The Balaban J connectivity index is 1.54. The molecule has 0 unspecified atom stereocenters. The largest absolute Gasteiger partial charge is 0.344 e. The highest BCUT2D eigenvalue weighted by Crippen LogP contribution is 2.28. The molecule has 36 heavy (non-hydrogen) atoms. The third kappa shape index (κ3) is 5.35. The van der Waals surface area contributed by atoms with Crippen LogP contribution in [0.2, 0.25) is 10.0 Å². The number of carbonyl (C=O) groups is 1. The fraction of sp³-hybridized carbons (Fsp3) is 0.0667. The maximum Gasteiger partial charge on any atom is 0.270 e. The number of benzene rings is 4. The van der Waals surface area contributed by atoms with Crippen molar-refractivity contribution in [1.82, 2.24) is 15.1 Å². The summed E-state index contributed by atoms with van der Waals surface area (Å²) in [5.41, 5.74) is 4.81. The summed E-state index contributed by atoms with van der Waals surface area (Å²) in [6.45, 7) is 0. The van der Waals surface area contributed by atoms with Crippen molar-refractivity contribution in [3.63, 3.8) is 0 Å². The molecule has 1 amide bonds. The van der Waals surface area contributed by atoms with Crippen molar-refractivity contribution in [3.05, 3.63) is 142 Å². The first kappa shape index (κ1) is 23.9. The topological polar surface area (TPSA) is 46.9 Å². The van der Waals surface area contributed by atoms with Crippen LogP contribution >= 0.6 is 23.2 Å². The number of hydrogen-bond acceptors (Lipinski definition) is 2. The van der Waals surface area contributed by atoms with Gasteiger partial charge in [-0.1, -0.05) is 114 Å². The predicted octanol–water partition coefficient (Wildman–Crippen LogP) is 7.56. The van der Waals surface area contributed by atoms with E-state index >= 15 is 0 Å². The van der Waals surface area contributed by atoms with Crippen LogP contribution in [0, 0.1) is 0 Å². The zero-order chi connectivity index (χ0) is 24.9. The van der Waals surface area contributed by atoms with E-state index in [1.165, 1.54) is 0 Å². The third-order valence-corrected chi connectivity index (χ3v) is 6.69. The Labute approximate surface area is 220 Å². The quantitative estimate of drug-likeness (QED) is 0.245. The van der Waals surface area contributed by atoms with Crippen LogP contribution in [0.3, 0.4) is 0 Å². The van der Waals surface area contributed by atoms with Gasteiger partial charge in [0.1, 0.15) is 5.69 Å². The lowest BCUT2D eigenvalue weighted by molar-refractivity contribution is 0.0928. The van der Waals surface area contributed by atoms with E-state index in [1.54, 1.807) is 28.9 Å². The number of rotatable bonds is 7.